The predicted molar refractivity (Wildman–Crippen MR) is 154 cm³/mol. The molecule has 4 aromatic rings. The molecule has 10 heteroatoms. The Kier molecular flexibility index (Phi) is 8.28. The van der Waals surface area contributed by atoms with E-state index in [0.717, 1.165) is 19.2 Å². The lowest BCUT2D eigenvalue weighted by Gasteiger charge is -2.14. The molecule has 0 saturated heterocycles. The number of hydrogen-bond acceptors (Lipinski definition) is 6. The maximum Gasteiger partial charge on any atom is 0.335 e. The lowest BCUT2D eigenvalue weighted by atomic mass is 10.1. The molecule has 1 heterocycles. The van der Waals surface area contributed by atoms with Gasteiger partial charge >= 0.3 is 5.97 Å². The van der Waals surface area contributed by atoms with Gasteiger partial charge in [0.1, 0.15) is 12.4 Å². The van der Waals surface area contributed by atoms with Gasteiger partial charge in [0.2, 0.25) is 0 Å². The monoisotopic (exact) mass is 675 g/mol. The molecule has 1 aromatic heterocycles. The van der Waals surface area contributed by atoms with E-state index in [1.54, 1.807) is 37.6 Å². The van der Waals surface area contributed by atoms with Crippen LogP contribution >= 0.6 is 38.5 Å². The molecule has 0 spiro atoms. The summed E-state index contributed by atoms with van der Waals surface area (Å²) in [6, 6.07) is 15.6. The minimum absolute atomic E-state index is 0.0205. The standard InChI is InChI=1S/C27H23BrIN3O5/c1-15(2)25-31-22-9-8-19(28)12-20(22)26(33)32(25)30-13-17-10-21(29)24(23(11-17)36-3)37-14-16-4-6-18(7-5-16)27(34)35/h4-13,15H,14H2,1-3H3,(H,34,35). The second kappa shape index (κ2) is 11.4. The topological polar surface area (TPSA) is 103 Å². The number of ether oxygens (including phenoxy) is 2. The van der Waals surface area contributed by atoms with Crippen LogP contribution in [0.1, 0.15) is 47.1 Å². The van der Waals surface area contributed by atoms with Gasteiger partial charge in [-0.15, -0.1) is 0 Å². The van der Waals surface area contributed by atoms with Crippen LogP contribution in [0.5, 0.6) is 11.5 Å². The first-order chi connectivity index (χ1) is 17.7. The molecule has 0 atom stereocenters. The number of carbonyl (C=O) groups is 1. The third-order valence-electron chi connectivity index (χ3n) is 5.51. The van der Waals surface area contributed by atoms with Crippen molar-refractivity contribution in [3.05, 3.63) is 95.5 Å². The molecule has 4 rings (SSSR count). The molecule has 0 amide bonds. The van der Waals surface area contributed by atoms with E-state index >= 15 is 0 Å². The number of aromatic nitrogens is 2. The summed E-state index contributed by atoms with van der Waals surface area (Å²) in [4.78, 5) is 29.0. The fraction of sp³-hybridized carbons (Fsp3) is 0.185. The molecule has 1 N–H and O–H groups in total. The summed E-state index contributed by atoms with van der Waals surface area (Å²) in [6.45, 7) is 4.17. The summed E-state index contributed by atoms with van der Waals surface area (Å²) in [6.07, 6.45) is 1.60. The van der Waals surface area contributed by atoms with Gasteiger partial charge in [0.25, 0.3) is 5.56 Å². The quantitative estimate of drug-likeness (QED) is 0.180. The Morgan fingerprint density at radius 3 is 2.57 bits per heavy atom. The van der Waals surface area contributed by atoms with Crippen LogP contribution in [0.3, 0.4) is 0 Å². The average molecular weight is 676 g/mol. The van der Waals surface area contributed by atoms with Crippen molar-refractivity contribution in [3.63, 3.8) is 0 Å². The van der Waals surface area contributed by atoms with E-state index in [4.69, 9.17) is 14.6 Å². The Bertz CT molecular complexity index is 1570. The van der Waals surface area contributed by atoms with Crippen molar-refractivity contribution >= 4 is 61.6 Å². The van der Waals surface area contributed by atoms with Crippen molar-refractivity contribution in [3.8, 4) is 11.5 Å². The summed E-state index contributed by atoms with van der Waals surface area (Å²) in [7, 11) is 1.55. The molecule has 0 bridgehead atoms. The first kappa shape index (κ1) is 26.8. The number of aromatic carboxylic acids is 1. The molecule has 0 aliphatic rings. The van der Waals surface area contributed by atoms with Crippen molar-refractivity contribution in [1.29, 1.82) is 0 Å². The number of halogens is 2. The minimum Gasteiger partial charge on any atom is -0.493 e. The van der Waals surface area contributed by atoms with Crippen molar-refractivity contribution < 1.29 is 19.4 Å². The fourth-order valence-electron chi connectivity index (χ4n) is 3.63. The van der Waals surface area contributed by atoms with E-state index in [9.17, 15) is 9.59 Å². The zero-order valence-corrected chi connectivity index (χ0v) is 24.0. The largest absolute Gasteiger partial charge is 0.493 e. The first-order valence-corrected chi connectivity index (χ1v) is 13.1. The number of carboxylic acid groups (broad SMARTS) is 1. The third-order valence-corrected chi connectivity index (χ3v) is 6.80. The Labute approximate surface area is 235 Å². The second-order valence-electron chi connectivity index (χ2n) is 8.47. The molecule has 190 valence electrons. The van der Waals surface area contributed by atoms with E-state index in [1.807, 2.05) is 32.0 Å². The molecule has 0 radical (unpaired) electrons. The van der Waals surface area contributed by atoms with Crippen LogP contribution in [0, 0.1) is 3.57 Å². The van der Waals surface area contributed by atoms with Crippen molar-refractivity contribution in [2.24, 2.45) is 5.10 Å². The van der Waals surface area contributed by atoms with E-state index < -0.39 is 5.97 Å². The number of methoxy groups -OCH3 is 1. The molecule has 0 fully saturated rings. The normalized spacial score (nSPS) is 11.4. The summed E-state index contributed by atoms with van der Waals surface area (Å²) < 4.78 is 14.5. The van der Waals surface area contributed by atoms with Crippen LogP contribution in [0.4, 0.5) is 0 Å². The Hall–Kier alpha value is -3.25. The Balaban J connectivity index is 1.64. The average Bonchev–Trinajstić information content (AvgIpc) is 2.87. The lowest BCUT2D eigenvalue weighted by Crippen LogP contribution is -2.23. The van der Waals surface area contributed by atoms with E-state index in [-0.39, 0.29) is 23.6 Å². The van der Waals surface area contributed by atoms with Gasteiger partial charge in [-0.2, -0.15) is 9.78 Å². The van der Waals surface area contributed by atoms with Gasteiger partial charge < -0.3 is 14.6 Å². The van der Waals surface area contributed by atoms with Crippen LogP contribution in [0.2, 0.25) is 0 Å². The van der Waals surface area contributed by atoms with E-state index in [1.165, 1.54) is 16.8 Å². The zero-order valence-electron chi connectivity index (χ0n) is 20.2. The highest BCUT2D eigenvalue weighted by Gasteiger charge is 2.15. The van der Waals surface area contributed by atoms with Gasteiger partial charge in [-0.1, -0.05) is 41.9 Å². The summed E-state index contributed by atoms with van der Waals surface area (Å²) in [5.74, 6) is 0.628. The lowest BCUT2D eigenvalue weighted by molar-refractivity contribution is 0.0697. The second-order valence-corrected chi connectivity index (χ2v) is 10.6. The molecule has 0 aliphatic carbocycles. The zero-order chi connectivity index (χ0) is 26.7. The van der Waals surface area contributed by atoms with Crippen LogP contribution in [-0.4, -0.2) is 34.1 Å². The number of hydrogen-bond donors (Lipinski definition) is 1. The highest BCUT2D eigenvalue weighted by atomic mass is 127. The van der Waals surface area contributed by atoms with Gasteiger partial charge in [-0.25, -0.2) is 9.78 Å². The number of fused-ring (bicyclic) bond motifs is 1. The van der Waals surface area contributed by atoms with Crippen LogP contribution in [0.15, 0.2) is 69.0 Å². The van der Waals surface area contributed by atoms with Crippen molar-refractivity contribution in [2.75, 3.05) is 7.11 Å². The van der Waals surface area contributed by atoms with Gasteiger partial charge in [-0.05, 0) is 76.2 Å². The highest BCUT2D eigenvalue weighted by Crippen LogP contribution is 2.34. The van der Waals surface area contributed by atoms with Crippen molar-refractivity contribution in [1.82, 2.24) is 9.66 Å². The maximum absolute atomic E-state index is 13.3. The Morgan fingerprint density at radius 1 is 1.19 bits per heavy atom. The number of benzene rings is 3. The SMILES string of the molecule is COc1cc(C=Nn2c(C(C)C)nc3ccc(Br)cc3c2=O)cc(I)c1OCc1ccc(C(=O)O)cc1. The van der Waals surface area contributed by atoms with Gasteiger partial charge in [0.05, 0.1) is 33.4 Å². The fourth-order valence-corrected chi connectivity index (χ4v) is 4.77. The minimum atomic E-state index is -0.976. The van der Waals surface area contributed by atoms with Gasteiger partial charge in [0, 0.05) is 10.4 Å². The van der Waals surface area contributed by atoms with Gasteiger partial charge in [-0.3, -0.25) is 4.79 Å². The molecule has 3 aromatic carbocycles. The van der Waals surface area contributed by atoms with Crippen LogP contribution in [-0.2, 0) is 6.61 Å². The molecular weight excluding hydrogens is 653 g/mol. The highest BCUT2D eigenvalue weighted by molar-refractivity contribution is 14.1. The van der Waals surface area contributed by atoms with Crippen LogP contribution in [0.25, 0.3) is 10.9 Å². The number of rotatable bonds is 8. The number of nitrogens with zero attached hydrogens (tertiary/aromatic N) is 3. The van der Waals surface area contributed by atoms with E-state index in [0.29, 0.717) is 28.2 Å². The van der Waals surface area contributed by atoms with Crippen LogP contribution < -0.4 is 15.0 Å². The Morgan fingerprint density at radius 2 is 1.92 bits per heavy atom. The molecular formula is C27H23BrIN3O5. The molecule has 8 nitrogen and oxygen atoms in total. The first-order valence-electron chi connectivity index (χ1n) is 11.3. The third kappa shape index (κ3) is 6.02. The van der Waals surface area contributed by atoms with Gasteiger partial charge in [0.15, 0.2) is 11.5 Å². The summed E-state index contributed by atoms with van der Waals surface area (Å²) >= 11 is 5.57. The molecule has 0 unspecified atom stereocenters. The maximum atomic E-state index is 13.3. The molecule has 0 aliphatic heterocycles. The summed E-state index contributed by atoms with van der Waals surface area (Å²) in [5.41, 5.74) is 2.13. The van der Waals surface area contributed by atoms with Crippen molar-refractivity contribution in [2.45, 2.75) is 26.4 Å². The predicted octanol–water partition coefficient (Wildman–Crippen LogP) is 6.06. The smallest absolute Gasteiger partial charge is 0.335 e. The number of carboxylic acids is 1. The summed E-state index contributed by atoms with van der Waals surface area (Å²) in [5, 5.41) is 14.0. The molecule has 37 heavy (non-hydrogen) atoms. The molecule has 0 saturated carbocycles. The van der Waals surface area contributed by atoms with E-state index in [2.05, 4.69) is 48.6 Å².